The second kappa shape index (κ2) is 7.67. The van der Waals surface area contributed by atoms with E-state index in [0.717, 1.165) is 5.56 Å². The first-order valence-corrected chi connectivity index (χ1v) is 9.01. The molecule has 6 nitrogen and oxygen atoms in total. The van der Waals surface area contributed by atoms with E-state index in [0.29, 0.717) is 33.9 Å². The normalized spacial score (nSPS) is 17.4. The zero-order valence-corrected chi connectivity index (χ0v) is 15.9. The number of hydrogen-bond acceptors (Lipinski definition) is 4. The number of nitrogens with zero attached hydrogens (tertiary/aromatic N) is 2. The number of rotatable bonds is 3. The predicted molar refractivity (Wildman–Crippen MR) is 102 cm³/mol. The third kappa shape index (κ3) is 4.10. The van der Waals surface area contributed by atoms with Gasteiger partial charge in [0.05, 0.1) is 23.6 Å². The fourth-order valence-electron chi connectivity index (χ4n) is 2.67. The Hall–Kier alpha value is -1.71. The summed E-state index contributed by atoms with van der Waals surface area (Å²) in [6.45, 7) is 1.24. The van der Waals surface area contributed by atoms with E-state index < -0.39 is 4.92 Å². The standard InChI is InChI=1S/C17H14ClIN2O4/c18-12-3-1-11(2-4-12)16-10-20(7-8-25-16)17(22)14-9-13(21(23)24)5-6-15(14)19/h1-6,9,16H,7-8,10H2. The van der Waals surface area contributed by atoms with Gasteiger partial charge in [-0.1, -0.05) is 23.7 Å². The van der Waals surface area contributed by atoms with E-state index >= 15 is 0 Å². The molecule has 0 bridgehead atoms. The molecular weight excluding hydrogens is 459 g/mol. The Labute approximate surface area is 163 Å². The Kier molecular flexibility index (Phi) is 5.55. The molecule has 8 heteroatoms. The Bertz CT molecular complexity index is 813. The Morgan fingerprint density at radius 3 is 2.68 bits per heavy atom. The van der Waals surface area contributed by atoms with Crippen molar-refractivity contribution in [2.45, 2.75) is 6.10 Å². The van der Waals surface area contributed by atoms with E-state index in [2.05, 4.69) is 0 Å². The number of hydrogen-bond donors (Lipinski definition) is 0. The van der Waals surface area contributed by atoms with Gasteiger partial charge in [-0.2, -0.15) is 0 Å². The van der Waals surface area contributed by atoms with Gasteiger partial charge in [0.15, 0.2) is 0 Å². The molecule has 0 aromatic heterocycles. The maximum Gasteiger partial charge on any atom is 0.270 e. The minimum atomic E-state index is -0.497. The first-order valence-electron chi connectivity index (χ1n) is 7.56. The molecule has 0 spiro atoms. The molecule has 0 aliphatic carbocycles. The molecule has 1 aliphatic heterocycles. The van der Waals surface area contributed by atoms with Crippen LogP contribution in [-0.2, 0) is 4.74 Å². The molecule has 25 heavy (non-hydrogen) atoms. The molecule has 1 unspecified atom stereocenters. The molecule has 2 aromatic carbocycles. The minimum Gasteiger partial charge on any atom is -0.370 e. The van der Waals surface area contributed by atoms with E-state index in [1.54, 1.807) is 23.1 Å². The number of halogens is 2. The second-order valence-corrected chi connectivity index (χ2v) is 7.18. The number of amides is 1. The summed E-state index contributed by atoms with van der Waals surface area (Å²) in [6, 6.07) is 11.6. The summed E-state index contributed by atoms with van der Waals surface area (Å²) in [7, 11) is 0. The lowest BCUT2D eigenvalue weighted by Gasteiger charge is -2.33. The molecule has 1 heterocycles. The summed E-state index contributed by atoms with van der Waals surface area (Å²) in [6.07, 6.45) is -0.244. The second-order valence-electron chi connectivity index (χ2n) is 5.58. The van der Waals surface area contributed by atoms with Gasteiger partial charge in [0, 0.05) is 27.3 Å². The highest BCUT2D eigenvalue weighted by atomic mass is 127. The molecule has 2 aromatic rings. The summed E-state index contributed by atoms with van der Waals surface area (Å²) < 4.78 is 6.45. The van der Waals surface area contributed by atoms with Crippen molar-refractivity contribution in [1.29, 1.82) is 0 Å². The van der Waals surface area contributed by atoms with Gasteiger partial charge >= 0.3 is 0 Å². The van der Waals surface area contributed by atoms with Crippen molar-refractivity contribution in [3.05, 3.63) is 72.3 Å². The van der Waals surface area contributed by atoms with Crippen LogP contribution >= 0.6 is 34.2 Å². The quantitative estimate of drug-likeness (QED) is 0.384. The van der Waals surface area contributed by atoms with Crippen LogP contribution in [0.5, 0.6) is 0 Å². The molecule has 0 radical (unpaired) electrons. The summed E-state index contributed by atoms with van der Waals surface area (Å²) in [5, 5.41) is 11.6. The van der Waals surface area contributed by atoms with Crippen LogP contribution in [0, 0.1) is 13.7 Å². The summed E-state index contributed by atoms with van der Waals surface area (Å²) in [4.78, 5) is 25.0. The van der Waals surface area contributed by atoms with Gasteiger partial charge < -0.3 is 9.64 Å². The number of benzene rings is 2. The van der Waals surface area contributed by atoms with Crippen LogP contribution in [-0.4, -0.2) is 35.4 Å². The molecule has 1 saturated heterocycles. The Morgan fingerprint density at radius 1 is 1.28 bits per heavy atom. The van der Waals surface area contributed by atoms with Gasteiger partial charge in [-0.25, -0.2) is 0 Å². The average Bonchev–Trinajstić information content (AvgIpc) is 2.62. The highest BCUT2D eigenvalue weighted by molar-refractivity contribution is 14.1. The average molecular weight is 473 g/mol. The highest BCUT2D eigenvalue weighted by Crippen LogP contribution is 2.26. The molecule has 1 aliphatic rings. The molecular formula is C17H14ClIN2O4. The number of non-ortho nitro benzene ring substituents is 1. The predicted octanol–water partition coefficient (Wildman–Crippen LogP) is 4.07. The third-order valence-corrected chi connectivity index (χ3v) is 5.18. The van der Waals surface area contributed by atoms with E-state index in [-0.39, 0.29) is 17.7 Å². The largest absolute Gasteiger partial charge is 0.370 e. The van der Waals surface area contributed by atoms with Crippen LogP contribution in [0.1, 0.15) is 22.0 Å². The highest BCUT2D eigenvalue weighted by Gasteiger charge is 2.28. The van der Waals surface area contributed by atoms with Crippen molar-refractivity contribution in [1.82, 2.24) is 4.90 Å². The number of nitro groups is 1. The summed E-state index contributed by atoms with van der Waals surface area (Å²) >= 11 is 7.92. The number of carbonyl (C=O) groups is 1. The van der Waals surface area contributed by atoms with Crippen molar-refractivity contribution in [2.75, 3.05) is 19.7 Å². The minimum absolute atomic E-state index is 0.0914. The molecule has 0 saturated carbocycles. The number of morpholine rings is 1. The van der Waals surface area contributed by atoms with Gasteiger partial charge in [-0.15, -0.1) is 0 Å². The lowest BCUT2D eigenvalue weighted by molar-refractivity contribution is -0.384. The summed E-state index contributed by atoms with van der Waals surface area (Å²) in [5.41, 5.74) is 1.19. The van der Waals surface area contributed by atoms with E-state index in [4.69, 9.17) is 16.3 Å². The number of ether oxygens (including phenoxy) is 1. The molecule has 1 atom stereocenters. The molecule has 1 amide bonds. The lowest BCUT2D eigenvalue weighted by atomic mass is 10.1. The van der Waals surface area contributed by atoms with E-state index in [9.17, 15) is 14.9 Å². The fourth-order valence-corrected chi connectivity index (χ4v) is 3.37. The monoisotopic (exact) mass is 472 g/mol. The van der Waals surface area contributed by atoms with Crippen LogP contribution in [0.2, 0.25) is 5.02 Å². The summed E-state index contributed by atoms with van der Waals surface area (Å²) in [5.74, 6) is -0.227. The molecule has 1 fully saturated rings. The SMILES string of the molecule is O=C(c1cc([N+](=O)[O-])ccc1I)N1CCOC(c2ccc(Cl)cc2)C1. The van der Waals surface area contributed by atoms with Gasteiger partial charge in [0.25, 0.3) is 11.6 Å². The fraction of sp³-hybridized carbons (Fsp3) is 0.235. The van der Waals surface area contributed by atoms with Gasteiger partial charge in [0.2, 0.25) is 0 Å². The smallest absolute Gasteiger partial charge is 0.270 e. The number of carbonyl (C=O) groups excluding carboxylic acids is 1. The van der Waals surface area contributed by atoms with Crippen LogP contribution in [0.25, 0.3) is 0 Å². The Balaban J connectivity index is 1.81. The van der Waals surface area contributed by atoms with Gasteiger partial charge in [-0.05, 0) is 46.4 Å². The molecule has 130 valence electrons. The van der Waals surface area contributed by atoms with E-state index in [1.165, 1.54) is 12.1 Å². The van der Waals surface area contributed by atoms with Crippen molar-refractivity contribution >= 4 is 45.8 Å². The van der Waals surface area contributed by atoms with Crippen LogP contribution in [0.3, 0.4) is 0 Å². The maximum atomic E-state index is 12.8. The van der Waals surface area contributed by atoms with Crippen LogP contribution < -0.4 is 0 Å². The Morgan fingerprint density at radius 2 is 2.00 bits per heavy atom. The van der Waals surface area contributed by atoms with Crippen LogP contribution in [0.15, 0.2) is 42.5 Å². The topological polar surface area (TPSA) is 72.7 Å². The molecule has 3 rings (SSSR count). The van der Waals surface area contributed by atoms with Crippen molar-refractivity contribution < 1.29 is 14.5 Å². The van der Waals surface area contributed by atoms with Crippen molar-refractivity contribution in [2.24, 2.45) is 0 Å². The van der Waals surface area contributed by atoms with E-state index in [1.807, 2.05) is 34.7 Å². The zero-order chi connectivity index (χ0) is 18.0. The first kappa shape index (κ1) is 18.1. The lowest BCUT2D eigenvalue weighted by Crippen LogP contribution is -2.42. The van der Waals surface area contributed by atoms with Crippen molar-refractivity contribution in [3.63, 3.8) is 0 Å². The van der Waals surface area contributed by atoms with Gasteiger partial charge in [0.1, 0.15) is 6.10 Å². The van der Waals surface area contributed by atoms with Crippen LogP contribution in [0.4, 0.5) is 5.69 Å². The van der Waals surface area contributed by atoms with Crippen molar-refractivity contribution in [3.8, 4) is 0 Å². The third-order valence-electron chi connectivity index (χ3n) is 3.99. The zero-order valence-electron chi connectivity index (χ0n) is 13.0. The number of nitro benzene ring substituents is 1. The molecule has 0 N–H and O–H groups in total. The maximum absolute atomic E-state index is 12.8. The van der Waals surface area contributed by atoms with Gasteiger partial charge in [-0.3, -0.25) is 14.9 Å². The first-order chi connectivity index (χ1) is 12.0.